The normalized spacial score (nSPS) is 20.1. The average Bonchev–Trinajstić information content (AvgIpc) is 2.65. The van der Waals surface area contributed by atoms with Gasteiger partial charge in [0.05, 0.1) is 5.69 Å². The molecule has 4 nitrogen and oxygen atoms in total. The summed E-state index contributed by atoms with van der Waals surface area (Å²) in [6.45, 7) is 9.78. The van der Waals surface area contributed by atoms with Crippen LogP contribution < -0.4 is 5.73 Å². The lowest BCUT2D eigenvalue weighted by atomic mass is 10.1. The summed E-state index contributed by atoms with van der Waals surface area (Å²) in [6.07, 6.45) is 3.12. The van der Waals surface area contributed by atoms with Crippen LogP contribution in [0.3, 0.4) is 0 Å². The summed E-state index contributed by atoms with van der Waals surface area (Å²) in [5.74, 6) is 0.599. The van der Waals surface area contributed by atoms with E-state index in [1.54, 1.807) is 0 Å². The van der Waals surface area contributed by atoms with E-state index in [0.717, 1.165) is 32.7 Å². The zero-order chi connectivity index (χ0) is 13.5. The Labute approximate surface area is 116 Å². The van der Waals surface area contributed by atoms with Gasteiger partial charge in [0.25, 0.3) is 0 Å². The maximum absolute atomic E-state index is 5.71. The molecular weight excluding hydrogens is 236 g/mol. The highest BCUT2D eigenvalue weighted by Crippen LogP contribution is 2.08. The van der Waals surface area contributed by atoms with E-state index in [0.29, 0.717) is 5.92 Å². The predicted octanol–water partition coefficient (Wildman–Crippen LogP) is 1.18. The number of nitrogens with zero attached hydrogens (tertiary/aromatic N) is 3. The van der Waals surface area contributed by atoms with Gasteiger partial charge in [-0.05, 0) is 44.1 Å². The zero-order valence-electron chi connectivity index (χ0n) is 12.0. The van der Waals surface area contributed by atoms with Gasteiger partial charge >= 0.3 is 0 Å². The summed E-state index contributed by atoms with van der Waals surface area (Å²) in [5, 5.41) is 0. The molecule has 1 unspecified atom stereocenters. The van der Waals surface area contributed by atoms with Crippen molar-refractivity contribution < 1.29 is 0 Å². The van der Waals surface area contributed by atoms with Crippen LogP contribution in [-0.4, -0.2) is 54.1 Å². The first-order valence-corrected chi connectivity index (χ1v) is 7.32. The molecule has 0 radical (unpaired) electrons. The van der Waals surface area contributed by atoms with Gasteiger partial charge < -0.3 is 10.6 Å². The van der Waals surface area contributed by atoms with Gasteiger partial charge in [0.15, 0.2) is 0 Å². The lowest BCUT2D eigenvalue weighted by molar-refractivity contribution is 0.231. The Morgan fingerprint density at radius 2 is 2.00 bits per heavy atom. The van der Waals surface area contributed by atoms with Gasteiger partial charge in [0, 0.05) is 32.4 Å². The van der Waals surface area contributed by atoms with Gasteiger partial charge in [0.2, 0.25) is 0 Å². The van der Waals surface area contributed by atoms with Crippen LogP contribution >= 0.6 is 0 Å². The van der Waals surface area contributed by atoms with Crippen LogP contribution in [0.15, 0.2) is 24.4 Å². The molecule has 1 saturated heterocycles. The number of nitrogens with two attached hydrogens (primary N) is 1. The Morgan fingerprint density at radius 3 is 2.74 bits per heavy atom. The molecule has 19 heavy (non-hydrogen) atoms. The third-order valence-electron chi connectivity index (χ3n) is 3.77. The van der Waals surface area contributed by atoms with Crippen LogP contribution in [0.4, 0.5) is 0 Å². The van der Waals surface area contributed by atoms with Crippen LogP contribution in [0.5, 0.6) is 0 Å². The minimum Gasteiger partial charge on any atom is -0.330 e. The van der Waals surface area contributed by atoms with E-state index in [9.17, 15) is 0 Å². The third-order valence-corrected chi connectivity index (χ3v) is 3.77. The second-order valence-electron chi connectivity index (χ2n) is 5.59. The standard InChI is InChI=1S/C15H26N4/c1-14(11-16)12-18-7-4-8-19(10-9-18)13-15-5-2-3-6-17-15/h2-3,5-6,14H,4,7-13,16H2,1H3. The van der Waals surface area contributed by atoms with Crippen LogP contribution in [0, 0.1) is 5.92 Å². The third kappa shape index (κ3) is 4.90. The monoisotopic (exact) mass is 262 g/mol. The molecule has 1 aromatic rings. The van der Waals surface area contributed by atoms with Crippen LogP contribution in [0.1, 0.15) is 19.0 Å². The Bertz CT molecular complexity index is 354. The Balaban J connectivity index is 1.80. The molecule has 0 saturated carbocycles. The second-order valence-corrected chi connectivity index (χ2v) is 5.59. The second kappa shape index (κ2) is 7.58. The van der Waals surface area contributed by atoms with E-state index in [1.165, 1.54) is 25.2 Å². The van der Waals surface area contributed by atoms with Crippen molar-refractivity contribution in [2.75, 3.05) is 39.3 Å². The predicted molar refractivity (Wildman–Crippen MR) is 78.8 cm³/mol. The fraction of sp³-hybridized carbons (Fsp3) is 0.667. The SMILES string of the molecule is CC(CN)CN1CCCN(Cc2ccccn2)CC1. The number of aromatic nitrogens is 1. The van der Waals surface area contributed by atoms with Crippen molar-refractivity contribution in [1.29, 1.82) is 0 Å². The highest BCUT2D eigenvalue weighted by atomic mass is 15.2. The molecule has 1 aromatic heterocycles. The summed E-state index contributed by atoms with van der Waals surface area (Å²) in [5.41, 5.74) is 6.88. The van der Waals surface area contributed by atoms with E-state index < -0.39 is 0 Å². The molecule has 2 heterocycles. The molecular formula is C15H26N4. The lowest BCUT2D eigenvalue weighted by Gasteiger charge is -2.23. The molecule has 2 N–H and O–H groups in total. The van der Waals surface area contributed by atoms with E-state index >= 15 is 0 Å². The lowest BCUT2D eigenvalue weighted by Crippen LogP contribution is -2.35. The topological polar surface area (TPSA) is 45.4 Å². The van der Waals surface area contributed by atoms with Crippen molar-refractivity contribution in [2.24, 2.45) is 11.7 Å². The van der Waals surface area contributed by atoms with Gasteiger partial charge in [-0.25, -0.2) is 0 Å². The molecule has 106 valence electrons. The quantitative estimate of drug-likeness (QED) is 0.865. The minimum absolute atomic E-state index is 0.599. The van der Waals surface area contributed by atoms with Crippen LogP contribution in [-0.2, 0) is 6.54 Å². The number of rotatable bonds is 5. The maximum Gasteiger partial charge on any atom is 0.0543 e. The smallest absolute Gasteiger partial charge is 0.0543 e. The van der Waals surface area contributed by atoms with Crippen molar-refractivity contribution in [3.63, 3.8) is 0 Å². The Hall–Kier alpha value is -0.970. The van der Waals surface area contributed by atoms with E-state index in [1.807, 2.05) is 12.3 Å². The first kappa shape index (κ1) is 14.4. The number of pyridine rings is 1. The first-order chi connectivity index (χ1) is 9.28. The molecule has 1 atom stereocenters. The van der Waals surface area contributed by atoms with Crippen molar-refractivity contribution in [2.45, 2.75) is 19.9 Å². The number of hydrogen-bond acceptors (Lipinski definition) is 4. The molecule has 1 aliphatic heterocycles. The molecule has 1 fully saturated rings. The first-order valence-electron chi connectivity index (χ1n) is 7.32. The largest absolute Gasteiger partial charge is 0.330 e. The Kier molecular flexibility index (Phi) is 5.76. The van der Waals surface area contributed by atoms with E-state index in [2.05, 4.69) is 33.8 Å². The van der Waals surface area contributed by atoms with Gasteiger partial charge in [-0.1, -0.05) is 13.0 Å². The summed E-state index contributed by atoms with van der Waals surface area (Å²) in [6, 6.07) is 6.15. The minimum atomic E-state index is 0.599. The fourth-order valence-corrected chi connectivity index (χ4v) is 2.60. The van der Waals surface area contributed by atoms with Gasteiger partial charge in [0.1, 0.15) is 0 Å². The fourth-order valence-electron chi connectivity index (χ4n) is 2.60. The molecule has 4 heteroatoms. The number of hydrogen-bond donors (Lipinski definition) is 1. The van der Waals surface area contributed by atoms with Gasteiger partial charge in [-0.15, -0.1) is 0 Å². The molecule has 0 aromatic carbocycles. The average molecular weight is 262 g/mol. The maximum atomic E-state index is 5.71. The summed E-state index contributed by atoms with van der Waals surface area (Å²) >= 11 is 0. The molecule has 0 amide bonds. The Morgan fingerprint density at radius 1 is 1.21 bits per heavy atom. The molecule has 0 bridgehead atoms. The van der Waals surface area contributed by atoms with Crippen molar-refractivity contribution in [3.8, 4) is 0 Å². The summed E-state index contributed by atoms with van der Waals surface area (Å²) in [7, 11) is 0. The van der Waals surface area contributed by atoms with Crippen LogP contribution in [0.25, 0.3) is 0 Å². The van der Waals surface area contributed by atoms with Crippen molar-refractivity contribution in [1.82, 2.24) is 14.8 Å². The zero-order valence-corrected chi connectivity index (χ0v) is 12.0. The van der Waals surface area contributed by atoms with Gasteiger partial charge in [-0.3, -0.25) is 9.88 Å². The van der Waals surface area contributed by atoms with Crippen molar-refractivity contribution in [3.05, 3.63) is 30.1 Å². The molecule has 0 spiro atoms. The highest BCUT2D eigenvalue weighted by Gasteiger charge is 2.16. The molecule has 1 aliphatic rings. The molecule has 2 rings (SSSR count). The van der Waals surface area contributed by atoms with E-state index in [-0.39, 0.29) is 0 Å². The van der Waals surface area contributed by atoms with Crippen molar-refractivity contribution >= 4 is 0 Å². The summed E-state index contributed by atoms with van der Waals surface area (Å²) < 4.78 is 0. The summed E-state index contributed by atoms with van der Waals surface area (Å²) in [4.78, 5) is 9.47. The molecule has 0 aliphatic carbocycles. The van der Waals surface area contributed by atoms with Gasteiger partial charge in [-0.2, -0.15) is 0 Å². The highest BCUT2D eigenvalue weighted by molar-refractivity contribution is 5.03. The van der Waals surface area contributed by atoms with Crippen LogP contribution in [0.2, 0.25) is 0 Å². The van der Waals surface area contributed by atoms with E-state index in [4.69, 9.17) is 5.73 Å².